The number of ether oxygens (including phenoxy) is 2. The van der Waals surface area contributed by atoms with Crippen molar-refractivity contribution in [3.63, 3.8) is 0 Å². The molecule has 0 spiro atoms. The summed E-state index contributed by atoms with van der Waals surface area (Å²) in [6.45, 7) is 6.22. The summed E-state index contributed by atoms with van der Waals surface area (Å²) in [6, 6.07) is 13.7. The van der Waals surface area contributed by atoms with E-state index in [0.717, 1.165) is 24.2 Å². The molecule has 4 heteroatoms. The van der Waals surface area contributed by atoms with E-state index in [9.17, 15) is 4.79 Å². The Labute approximate surface area is 136 Å². The number of fused-ring (bicyclic) bond motifs is 1. The molecule has 2 aromatic rings. The summed E-state index contributed by atoms with van der Waals surface area (Å²) in [4.78, 5) is 14.4. The third-order valence-corrected chi connectivity index (χ3v) is 4.31. The topological polar surface area (TPSA) is 38.8 Å². The van der Waals surface area contributed by atoms with Gasteiger partial charge < -0.3 is 14.4 Å². The van der Waals surface area contributed by atoms with Crippen LogP contribution in [0.15, 0.2) is 42.5 Å². The van der Waals surface area contributed by atoms with E-state index in [0.29, 0.717) is 11.3 Å². The van der Waals surface area contributed by atoms with Crippen LogP contribution >= 0.6 is 0 Å². The van der Waals surface area contributed by atoms with Gasteiger partial charge in [-0.15, -0.1) is 0 Å². The summed E-state index contributed by atoms with van der Waals surface area (Å²) in [7, 11) is 1.59. The van der Waals surface area contributed by atoms with Gasteiger partial charge in [0.25, 0.3) is 0 Å². The molecule has 0 aromatic heterocycles. The highest BCUT2D eigenvalue weighted by atomic mass is 16.5. The summed E-state index contributed by atoms with van der Waals surface area (Å²) in [5.74, 6) is 0.370. The third kappa shape index (κ3) is 2.77. The normalized spacial score (nSPS) is 16.0. The van der Waals surface area contributed by atoms with Gasteiger partial charge in [-0.05, 0) is 43.7 Å². The number of benzene rings is 2. The van der Waals surface area contributed by atoms with E-state index in [2.05, 4.69) is 30.9 Å². The van der Waals surface area contributed by atoms with Crippen molar-refractivity contribution in [1.82, 2.24) is 0 Å². The lowest BCUT2D eigenvalue weighted by Crippen LogP contribution is -2.21. The number of anilines is 1. The molecule has 0 aliphatic carbocycles. The second kappa shape index (κ2) is 6.32. The van der Waals surface area contributed by atoms with Crippen molar-refractivity contribution >= 4 is 11.7 Å². The van der Waals surface area contributed by atoms with Gasteiger partial charge in [0, 0.05) is 24.3 Å². The van der Waals surface area contributed by atoms with Crippen molar-refractivity contribution in [2.75, 3.05) is 25.1 Å². The van der Waals surface area contributed by atoms with Gasteiger partial charge in [-0.25, -0.2) is 4.79 Å². The molecule has 2 aromatic carbocycles. The van der Waals surface area contributed by atoms with Crippen molar-refractivity contribution in [2.45, 2.75) is 20.0 Å². The van der Waals surface area contributed by atoms with Crippen LogP contribution in [0.5, 0.6) is 5.75 Å². The van der Waals surface area contributed by atoms with Crippen LogP contribution in [0.4, 0.5) is 5.69 Å². The molecular formula is C19H21NO3. The van der Waals surface area contributed by atoms with Gasteiger partial charge in [0.2, 0.25) is 0 Å². The summed E-state index contributed by atoms with van der Waals surface area (Å²) in [5.41, 5.74) is 3.64. The second-order valence-corrected chi connectivity index (χ2v) is 5.50. The summed E-state index contributed by atoms with van der Waals surface area (Å²) in [5, 5.41) is 0. The first kappa shape index (κ1) is 15.4. The van der Waals surface area contributed by atoms with E-state index in [1.54, 1.807) is 13.2 Å². The molecular weight excluding hydrogens is 290 g/mol. The van der Waals surface area contributed by atoms with Gasteiger partial charge in [-0.3, -0.25) is 0 Å². The van der Waals surface area contributed by atoms with E-state index in [-0.39, 0.29) is 12.1 Å². The maximum absolute atomic E-state index is 12.1. The molecule has 4 nitrogen and oxygen atoms in total. The fourth-order valence-corrected chi connectivity index (χ4v) is 3.00. The van der Waals surface area contributed by atoms with E-state index < -0.39 is 0 Å². The Hall–Kier alpha value is -2.49. The fourth-order valence-electron chi connectivity index (χ4n) is 3.00. The summed E-state index contributed by atoms with van der Waals surface area (Å²) < 4.78 is 10.7. The Morgan fingerprint density at radius 3 is 2.39 bits per heavy atom. The predicted octanol–water partition coefficient (Wildman–Crippen LogP) is 3.80. The number of nitrogens with zero attached hydrogens (tertiary/aromatic N) is 1. The number of methoxy groups -OCH3 is 1. The Morgan fingerprint density at radius 2 is 1.78 bits per heavy atom. The van der Waals surface area contributed by atoms with Gasteiger partial charge >= 0.3 is 5.97 Å². The Bertz CT molecular complexity index is 705. The number of carbonyl (C=O) groups excluding carboxylic acids is 1. The van der Waals surface area contributed by atoms with Gasteiger partial charge in [-0.1, -0.05) is 18.2 Å². The molecule has 1 aliphatic heterocycles. The Morgan fingerprint density at radius 1 is 1.09 bits per heavy atom. The number of rotatable bonds is 5. The maximum Gasteiger partial charge on any atom is 0.339 e. The zero-order valence-electron chi connectivity index (χ0n) is 13.7. The monoisotopic (exact) mass is 311 g/mol. The molecule has 0 bridgehead atoms. The van der Waals surface area contributed by atoms with Gasteiger partial charge in [-0.2, -0.15) is 0 Å². The minimum Gasteiger partial charge on any atom is -0.497 e. The molecule has 0 saturated carbocycles. The number of esters is 1. The average molecular weight is 311 g/mol. The lowest BCUT2D eigenvalue weighted by atomic mass is 9.99. The average Bonchev–Trinajstić information content (AvgIpc) is 2.93. The van der Waals surface area contributed by atoms with Crippen LogP contribution < -0.4 is 9.64 Å². The Kier molecular flexibility index (Phi) is 4.24. The van der Waals surface area contributed by atoms with E-state index in [4.69, 9.17) is 9.47 Å². The van der Waals surface area contributed by atoms with Crippen molar-refractivity contribution in [2.24, 2.45) is 0 Å². The number of carbonyl (C=O) groups is 1. The quantitative estimate of drug-likeness (QED) is 0.787. The molecule has 0 fully saturated rings. The highest BCUT2D eigenvalue weighted by Crippen LogP contribution is 2.37. The van der Waals surface area contributed by atoms with Crippen LogP contribution in [0.25, 0.3) is 0 Å². The smallest absolute Gasteiger partial charge is 0.339 e. The van der Waals surface area contributed by atoms with E-state index in [1.165, 1.54) is 5.69 Å². The minimum absolute atomic E-state index is 0.295. The van der Waals surface area contributed by atoms with Crippen molar-refractivity contribution in [3.8, 4) is 5.75 Å². The van der Waals surface area contributed by atoms with E-state index >= 15 is 0 Å². The predicted molar refractivity (Wildman–Crippen MR) is 90.3 cm³/mol. The number of hydrogen-bond donors (Lipinski definition) is 0. The molecule has 1 aliphatic rings. The van der Waals surface area contributed by atoms with Crippen molar-refractivity contribution < 1.29 is 14.3 Å². The molecule has 1 atom stereocenters. The summed E-state index contributed by atoms with van der Waals surface area (Å²) in [6.07, 6.45) is -0.339. The molecule has 1 unspecified atom stereocenters. The first-order chi connectivity index (χ1) is 11.2. The molecule has 0 saturated heterocycles. The minimum atomic E-state index is -0.339. The van der Waals surface area contributed by atoms with Crippen LogP contribution in [-0.2, 0) is 4.74 Å². The molecule has 0 amide bonds. The molecule has 0 radical (unpaired) electrons. The zero-order chi connectivity index (χ0) is 16.4. The highest BCUT2D eigenvalue weighted by molar-refractivity contribution is 5.95. The first-order valence-corrected chi connectivity index (χ1v) is 7.91. The van der Waals surface area contributed by atoms with Crippen LogP contribution in [-0.4, -0.2) is 26.2 Å². The lowest BCUT2D eigenvalue weighted by molar-refractivity contribution is 0.0455. The molecule has 0 N–H and O–H groups in total. The zero-order valence-corrected chi connectivity index (χ0v) is 13.7. The first-order valence-electron chi connectivity index (χ1n) is 7.91. The SMILES string of the molecule is CCN(CC)c1ccc(C2OC(=O)c3cc(OC)ccc32)cc1. The van der Waals surface area contributed by atoms with Crippen LogP contribution in [0, 0.1) is 0 Å². The second-order valence-electron chi connectivity index (χ2n) is 5.50. The molecule has 23 heavy (non-hydrogen) atoms. The number of cyclic esters (lactones) is 1. The lowest BCUT2D eigenvalue weighted by Gasteiger charge is -2.21. The van der Waals surface area contributed by atoms with Crippen LogP contribution in [0.1, 0.15) is 41.4 Å². The van der Waals surface area contributed by atoms with Crippen molar-refractivity contribution in [3.05, 3.63) is 59.2 Å². The molecule has 120 valence electrons. The van der Waals surface area contributed by atoms with Gasteiger partial charge in [0.1, 0.15) is 5.75 Å². The van der Waals surface area contributed by atoms with Gasteiger partial charge in [0.15, 0.2) is 6.10 Å². The van der Waals surface area contributed by atoms with E-state index in [1.807, 2.05) is 24.3 Å². The highest BCUT2D eigenvalue weighted by Gasteiger charge is 2.32. The molecule has 1 heterocycles. The number of hydrogen-bond acceptors (Lipinski definition) is 4. The summed E-state index contributed by atoms with van der Waals surface area (Å²) >= 11 is 0. The third-order valence-electron chi connectivity index (χ3n) is 4.31. The largest absolute Gasteiger partial charge is 0.497 e. The van der Waals surface area contributed by atoms with Gasteiger partial charge in [0.05, 0.1) is 12.7 Å². The molecule has 3 rings (SSSR count). The Balaban J connectivity index is 1.91. The van der Waals surface area contributed by atoms with Crippen LogP contribution in [0.2, 0.25) is 0 Å². The maximum atomic E-state index is 12.1. The fraction of sp³-hybridized carbons (Fsp3) is 0.316. The van der Waals surface area contributed by atoms with Crippen LogP contribution in [0.3, 0.4) is 0 Å². The van der Waals surface area contributed by atoms with Crippen molar-refractivity contribution in [1.29, 1.82) is 0 Å². The standard InChI is InChI=1S/C19H21NO3/c1-4-20(5-2)14-8-6-13(7-9-14)18-16-11-10-15(22-3)12-17(16)19(21)23-18/h6-12,18H,4-5H2,1-3H3.